The van der Waals surface area contributed by atoms with E-state index in [9.17, 15) is 9.59 Å². The van der Waals surface area contributed by atoms with Crippen molar-refractivity contribution < 1.29 is 23.6 Å². The molecule has 0 radical (unpaired) electrons. The Morgan fingerprint density at radius 3 is 2.54 bits per heavy atom. The summed E-state index contributed by atoms with van der Waals surface area (Å²) < 4.78 is 15.3. The SMILES string of the molecule is Cc1cc(C(=O)OC(C)C(=O)Nc2ccc(N3CCOCC3)cc2)on1. The predicted octanol–water partition coefficient (Wildman–Crippen LogP) is 2.00. The molecule has 1 amide bonds. The molecular weight excluding hydrogens is 338 g/mol. The highest BCUT2D eigenvalue weighted by atomic mass is 16.6. The molecule has 138 valence electrons. The Morgan fingerprint density at radius 1 is 1.23 bits per heavy atom. The third-order valence-corrected chi connectivity index (χ3v) is 3.99. The molecule has 0 aliphatic carbocycles. The van der Waals surface area contributed by atoms with Crippen molar-refractivity contribution in [1.82, 2.24) is 5.16 Å². The van der Waals surface area contributed by atoms with Gasteiger partial charge in [-0.2, -0.15) is 0 Å². The summed E-state index contributed by atoms with van der Waals surface area (Å²) in [7, 11) is 0. The van der Waals surface area contributed by atoms with Crippen molar-refractivity contribution in [3.05, 3.63) is 41.8 Å². The first-order valence-corrected chi connectivity index (χ1v) is 8.41. The third-order valence-electron chi connectivity index (χ3n) is 3.99. The summed E-state index contributed by atoms with van der Waals surface area (Å²) >= 11 is 0. The van der Waals surface area contributed by atoms with Gasteiger partial charge in [0.1, 0.15) is 0 Å². The summed E-state index contributed by atoms with van der Waals surface area (Å²) in [6, 6.07) is 8.97. The maximum Gasteiger partial charge on any atom is 0.377 e. The molecule has 3 rings (SSSR count). The summed E-state index contributed by atoms with van der Waals surface area (Å²) in [5, 5.41) is 6.34. The number of carbonyl (C=O) groups excluding carboxylic acids is 2. The van der Waals surface area contributed by atoms with Crippen LogP contribution in [0.3, 0.4) is 0 Å². The first kappa shape index (κ1) is 17.9. The number of morpholine rings is 1. The van der Waals surface area contributed by atoms with Crippen molar-refractivity contribution in [3.8, 4) is 0 Å². The van der Waals surface area contributed by atoms with Gasteiger partial charge in [0, 0.05) is 30.5 Å². The third kappa shape index (κ3) is 4.40. The topological polar surface area (TPSA) is 93.9 Å². The summed E-state index contributed by atoms with van der Waals surface area (Å²) in [4.78, 5) is 26.3. The minimum atomic E-state index is -0.966. The van der Waals surface area contributed by atoms with Crippen LogP contribution in [-0.4, -0.2) is 49.4 Å². The number of rotatable bonds is 5. The van der Waals surface area contributed by atoms with Gasteiger partial charge in [-0.25, -0.2) is 4.79 Å². The van der Waals surface area contributed by atoms with E-state index in [1.165, 1.54) is 13.0 Å². The van der Waals surface area contributed by atoms with Crippen LogP contribution in [0.1, 0.15) is 23.2 Å². The average molecular weight is 359 g/mol. The van der Waals surface area contributed by atoms with Crippen molar-refractivity contribution in [2.24, 2.45) is 0 Å². The van der Waals surface area contributed by atoms with Crippen LogP contribution in [0.4, 0.5) is 11.4 Å². The Kier molecular flexibility index (Phi) is 5.52. The maximum absolute atomic E-state index is 12.2. The van der Waals surface area contributed by atoms with Crippen LogP contribution in [0.15, 0.2) is 34.9 Å². The zero-order chi connectivity index (χ0) is 18.5. The monoisotopic (exact) mass is 359 g/mol. The quantitative estimate of drug-likeness (QED) is 0.816. The van der Waals surface area contributed by atoms with Gasteiger partial charge in [-0.1, -0.05) is 5.16 Å². The number of hydrogen-bond acceptors (Lipinski definition) is 7. The minimum Gasteiger partial charge on any atom is -0.447 e. The van der Waals surface area contributed by atoms with Crippen molar-refractivity contribution in [2.45, 2.75) is 20.0 Å². The molecule has 0 spiro atoms. The molecular formula is C18H21N3O5. The molecule has 2 heterocycles. The van der Waals surface area contributed by atoms with Crippen LogP contribution in [-0.2, 0) is 14.3 Å². The number of benzene rings is 1. The predicted molar refractivity (Wildman–Crippen MR) is 94.2 cm³/mol. The Morgan fingerprint density at radius 2 is 1.92 bits per heavy atom. The second kappa shape index (κ2) is 8.01. The number of anilines is 2. The van der Waals surface area contributed by atoms with E-state index in [0.717, 1.165) is 18.8 Å². The zero-order valence-corrected chi connectivity index (χ0v) is 14.7. The molecule has 1 fully saturated rings. The number of nitrogens with zero attached hydrogens (tertiary/aromatic N) is 2. The molecule has 1 saturated heterocycles. The molecule has 1 unspecified atom stereocenters. The van der Waals surface area contributed by atoms with E-state index < -0.39 is 18.0 Å². The smallest absolute Gasteiger partial charge is 0.377 e. The molecule has 8 nitrogen and oxygen atoms in total. The number of carbonyl (C=O) groups is 2. The molecule has 1 aromatic carbocycles. The highest BCUT2D eigenvalue weighted by Crippen LogP contribution is 2.19. The second-order valence-corrected chi connectivity index (χ2v) is 6.02. The second-order valence-electron chi connectivity index (χ2n) is 6.02. The number of esters is 1. The average Bonchev–Trinajstić information content (AvgIpc) is 3.09. The fraction of sp³-hybridized carbons (Fsp3) is 0.389. The van der Waals surface area contributed by atoms with E-state index in [2.05, 4.69) is 15.4 Å². The van der Waals surface area contributed by atoms with Crippen LogP contribution >= 0.6 is 0 Å². The van der Waals surface area contributed by atoms with Crippen LogP contribution < -0.4 is 10.2 Å². The minimum absolute atomic E-state index is 0.0305. The van der Waals surface area contributed by atoms with Gasteiger partial charge in [0.05, 0.1) is 18.9 Å². The Hall–Kier alpha value is -2.87. The number of aromatic nitrogens is 1. The van der Waals surface area contributed by atoms with Gasteiger partial charge in [0.15, 0.2) is 6.10 Å². The van der Waals surface area contributed by atoms with Gasteiger partial charge < -0.3 is 24.2 Å². The fourth-order valence-electron chi connectivity index (χ4n) is 2.55. The first-order chi connectivity index (χ1) is 12.5. The lowest BCUT2D eigenvalue weighted by Crippen LogP contribution is -2.36. The molecule has 1 aromatic heterocycles. The van der Waals surface area contributed by atoms with E-state index in [1.807, 2.05) is 24.3 Å². The molecule has 0 bridgehead atoms. The Bertz CT molecular complexity index is 765. The number of amides is 1. The van der Waals surface area contributed by atoms with Crippen molar-refractivity contribution in [2.75, 3.05) is 36.5 Å². The van der Waals surface area contributed by atoms with Crippen LogP contribution in [0, 0.1) is 6.92 Å². The summed E-state index contributed by atoms with van der Waals surface area (Å²) in [6.07, 6.45) is -0.966. The Labute approximate surface area is 151 Å². The normalized spacial score (nSPS) is 15.4. The van der Waals surface area contributed by atoms with E-state index in [4.69, 9.17) is 14.0 Å². The lowest BCUT2D eigenvalue weighted by molar-refractivity contribution is -0.123. The van der Waals surface area contributed by atoms with E-state index in [0.29, 0.717) is 24.6 Å². The molecule has 1 aliphatic rings. The van der Waals surface area contributed by atoms with Gasteiger partial charge in [0.2, 0.25) is 5.76 Å². The molecule has 1 N–H and O–H groups in total. The zero-order valence-electron chi connectivity index (χ0n) is 14.7. The maximum atomic E-state index is 12.2. The van der Waals surface area contributed by atoms with E-state index in [-0.39, 0.29) is 5.76 Å². The Balaban J connectivity index is 1.54. The number of hydrogen-bond donors (Lipinski definition) is 1. The number of aryl methyl sites for hydroxylation is 1. The van der Waals surface area contributed by atoms with Crippen LogP contribution in [0.25, 0.3) is 0 Å². The van der Waals surface area contributed by atoms with Gasteiger partial charge in [-0.3, -0.25) is 4.79 Å². The van der Waals surface area contributed by atoms with E-state index in [1.54, 1.807) is 6.92 Å². The standard InChI is InChI=1S/C18H21N3O5/c1-12-11-16(26-20-12)18(23)25-13(2)17(22)19-14-3-5-15(6-4-14)21-7-9-24-10-8-21/h3-6,11,13H,7-10H2,1-2H3,(H,19,22). The highest BCUT2D eigenvalue weighted by Gasteiger charge is 2.22. The lowest BCUT2D eigenvalue weighted by atomic mass is 10.2. The molecule has 26 heavy (non-hydrogen) atoms. The van der Waals surface area contributed by atoms with Crippen molar-refractivity contribution in [3.63, 3.8) is 0 Å². The van der Waals surface area contributed by atoms with Gasteiger partial charge in [-0.05, 0) is 38.1 Å². The molecule has 2 aromatic rings. The highest BCUT2D eigenvalue weighted by molar-refractivity contribution is 5.96. The van der Waals surface area contributed by atoms with Gasteiger partial charge in [0.25, 0.3) is 5.91 Å². The van der Waals surface area contributed by atoms with Crippen molar-refractivity contribution >= 4 is 23.3 Å². The van der Waals surface area contributed by atoms with Crippen LogP contribution in [0.2, 0.25) is 0 Å². The lowest BCUT2D eigenvalue weighted by Gasteiger charge is -2.28. The fourth-order valence-corrected chi connectivity index (χ4v) is 2.55. The first-order valence-electron chi connectivity index (χ1n) is 8.41. The van der Waals surface area contributed by atoms with Crippen molar-refractivity contribution in [1.29, 1.82) is 0 Å². The summed E-state index contributed by atoms with van der Waals surface area (Å²) in [5.74, 6) is -1.18. The molecule has 8 heteroatoms. The molecule has 1 atom stereocenters. The molecule has 0 saturated carbocycles. The summed E-state index contributed by atoms with van der Waals surface area (Å²) in [6.45, 7) is 6.31. The van der Waals surface area contributed by atoms with Gasteiger partial charge >= 0.3 is 5.97 Å². The van der Waals surface area contributed by atoms with Crippen LogP contribution in [0.5, 0.6) is 0 Å². The number of nitrogens with one attached hydrogen (secondary N) is 1. The summed E-state index contributed by atoms with van der Waals surface area (Å²) in [5.41, 5.74) is 2.27. The molecule has 1 aliphatic heterocycles. The van der Waals surface area contributed by atoms with Gasteiger partial charge in [-0.15, -0.1) is 0 Å². The van der Waals surface area contributed by atoms with E-state index >= 15 is 0 Å². The largest absolute Gasteiger partial charge is 0.447 e. The number of ether oxygens (including phenoxy) is 2.